The van der Waals surface area contributed by atoms with Crippen molar-refractivity contribution in [3.63, 3.8) is 0 Å². The number of aliphatic hydroxyl groups excluding tert-OH is 3. The first-order chi connectivity index (χ1) is 6.24. The van der Waals surface area contributed by atoms with E-state index in [2.05, 4.69) is 0 Å². The van der Waals surface area contributed by atoms with Gasteiger partial charge in [-0.25, -0.2) is 9.18 Å². The van der Waals surface area contributed by atoms with Gasteiger partial charge in [0.05, 0.1) is 0 Å². The van der Waals surface area contributed by atoms with E-state index in [-0.39, 0.29) is 0 Å². The van der Waals surface area contributed by atoms with E-state index in [1.807, 2.05) is 0 Å². The summed E-state index contributed by atoms with van der Waals surface area (Å²) in [7, 11) is 0. The minimum Gasteiger partial charge on any atom is -0.479 e. The zero-order valence-electron chi connectivity index (χ0n) is 6.74. The summed E-state index contributed by atoms with van der Waals surface area (Å²) in [5.41, 5.74) is 0. The van der Waals surface area contributed by atoms with Crippen LogP contribution in [-0.2, 0) is 9.59 Å². The quantitative estimate of drug-likeness (QED) is 0.306. The van der Waals surface area contributed by atoms with Gasteiger partial charge in [0.15, 0.2) is 12.4 Å². The molecule has 7 nitrogen and oxygen atoms in total. The predicted octanol–water partition coefficient (Wildman–Crippen LogP) is -2.99. The van der Waals surface area contributed by atoms with Crippen molar-refractivity contribution >= 4 is 12.3 Å². The Bertz CT molecular complexity index is 228. The zero-order chi connectivity index (χ0) is 11.5. The highest BCUT2D eigenvalue weighted by molar-refractivity contribution is 5.73. The van der Waals surface area contributed by atoms with E-state index in [4.69, 9.17) is 25.5 Å². The minimum atomic E-state index is -3.81. The number of carboxylic acid groups (broad SMARTS) is 1. The maximum absolute atomic E-state index is 12.6. The minimum absolute atomic E-state index is 0.727. The number of alkyl halides is 1. The molecular formula is C6H9FO7. The van der Waals surface area contributed by atoms with Gasteiger partial charge in [0.1, 0.15) is 12.2 Å². The second-order valence-corrected chi connectivity index (χ2v) is 2.56. The molecule has 8 heteroatoms. The Kier molecular flexibility index (Phi) is 4.08. The van der Waals surface area contributed by atoms with E-state index in [0.29, 0.717) is 0 Å². The van der Waals surface area contributed by atoms with Crippen LogP contribution in [0.2, 0.25) is 0 Å². The highest BCUT2D eigenvalue weighted by Gasteiger charge is 2.44. The van der Waals surface area contributed by atoms with Crippen LogP contribution in [-0.4, -0.2) is 62.0 Å². The molecule has 82 valence electrons. The second kappa shape index (κ2) is 4.42. The molecule has 0 aromatic heterocycles. The number of aliphatic hydroxyl groups is 4. The van der Waals surface area contributed by atoms with Crippen LogP contribution >= 0.6 is 0 Å². The van der Waals surface area contributed by atoms with E-state index in [1.165, 1.54) is 0 Å². The molecule has 4 atom stereocenters. The number of carboxylic acids is 1. The first kappa shape index (κ1) is 12.9. The molecule has 14 heavy (non-hydrogen) atoms. The Labute approximate surface area is 77.0 Å². The first-order valence-corrected chi connectivity index (χ1v) is 3.38. The monoisotopic (exact) mass is 212 g/mol. The van der Waals surface area contributed by atoms with Crippen molar-refractivity contribution < 1.29 is 39.5 Å². The van der Waals surface area contributed by atoms with Crippen LogP contribution in [0.5, 0.6) is 0 Å². The molecule has 0 unspecified atom stereocenters. The Morgan fingerprint density at radius 1 is 1.36 bits per heavy atom. The molecule has 0 bridgehead atoms. The number of hydrogen-bond donors (Lipinski definition) is 5. The van der Waals surface area contributed by atoms with Gasteiger partial charge in [-0.05, 0) is 0 Å². The number of carbonyl (C=O) groups excluding carboxylic acids is 1. The number of rotatable bonds is 5. The van der Waals surface area contributed by atoms with Gasteiger partial charge in [0, 0.05) is 0 Å². The third-order valence-corrected chi connectivity index (χ3v) is 1.48. The van der Waals surface area contributed by atoms with Gasteiger partial charge in [-0.15, -0.1) is 0 Å². The van der Waals surface area contributed by atoms with Crippen LogP contribution in [0.3, 0.4) is 0 Å². The van der Waals surface area contributed by atoms with Crippen LogP contribution < -0.4 is 0 Å². The number of aliphatic carboxylic acids is 1. The summed E-state index contributed by atoms with van der Waals surface area (Å²) in [6.45, 7) is 0. The highest BCUT2D eigenvalue weighted by Crippen LogP contribution is 2.15. The Hall–Kier alpha value is -1.09. The van der Waals surface area contributed by atoms with E-state index >= 15 is 0 Å². The standard InChI is InChI=1S/C6H9FO7/c7-6(14,1-8)4(11)2(9)3(10)5(12)13/h1-4,9-11,14H,(H,12,13)/t2-,3+,4+,6+/m1/s1. The summed E-state index contributed by atoms with van der Waals surface area (Å²) in [5.74, 6) is -5.74. The molecule has 0 aliphatic heterocycles. The number of carbonyl (C=O) groups is 2. The Balaban J connectivity index is 4.61. The maximum atomic E-state index is 12.6. The molecule has 0 saturated heterocycles. The second-order valence-electron chi connectivity index (χ2n) is 2.56. The summed E-state index contributed by atoms with van der Waals surface area (Å²) in [6, 6.07) is 0. The normalized spacial score (nSPS) is 21.8. The number of aldehydes is 1. The van der Waals surface area contributed by atoms with Crippen molar-refractivity contribution in [2.24, 2.45) is 0 Å². The fraction of sp³-hybridized carbons (Fsp3) is 0.667. The van der Waals surface area contributed by atoms with Crippen LogP contribution in [0.15, 0.2) is 0 Å². The van der Waals surface area contributed by atoms with Gasteiger partial charge in [0.25, 0.3) is 5.85 Å². The van der Waals surface area contributed by atoms with E-state index in [1.54, 1.807) is 0 Å². The van der Waals surface area contributed by atoms with Crippen molar-refractivity contribution in [2.75, 3.05) is 0 Å². The van der Waals surface area contributed by atoms with Crippen molar-refractivity contribution in [3.05, 3.63) is 0 Å². The van der Waals surface area contributed by atoms with E-state index < -0.39 is 36.4 Å². The lowest BCUT2D eigenvalue weighted by Gasteiger charge is -2.25. The summed E-state index contributed by atoms with van der Waals surface area (Å²) in [5, 5.41) is 42.7. The molecule has 0 aliphatic rings. The fourth-order valence-electron chi connectivity index (χ4n) is 0.628. The third kappa shape index (κ3) is 2.70. The maximum Gasteiger partial charge on any atom is 0.335 e. The van der Waals surface area contributed by atoms with Crippen molar-refractivity contribution in [3.8, 4) is 0 Å². The molecule has 0 fully saturated rings. The van der Waals surface area contributed by atoms with Crippen molar-refractivity contribution in [1.82, 2.24) is 0 Å². The molecule has 0 rings (SSSR count). The molecular weight excluding hydrogens is 203 g/mol. The van der Waals surface area contributed by atoms with Crippen LogP contribution in [0.4, 0.5) is 4.39 Å². The van der Waals surface area contributed by atoms with E-state index in [9.17, 15) is 14.0 Å². The first-order valence-electron chi connectivity index (χ1n) is 3.38. The average Bonchev–Trinajstić information content (AvgIpc) is 2.14. The molecule has 0 spiro atoms. The lowest BCUT2D eigenvalue weighted by molar-refractivity contribution is -0.206. The van der Waals surface area contributed by atoms with Gasteiger partial charge >= 0.3 is 5.97 Å². The van der Waals surface area contributed by atoms with Crippen LogP contribution in [0.25, 0.3) is 0 Å². The summed E-state index contributed by atoms with van der Waals surface area (Å²) < 4.78 is 12.6. The molecule has 0 heterocycles. The topological polar surface area (TPSA) is 135 Å². The zero-order valence-corrected chi connectivity index (χ0v) is 6.74. The summed E-state index contributed by atoms with van der Waals surface area (Å²) in [4.78, 5) is 19.9. The van der Waals surface area contributed by atoms with Gasteiger partial charge in [-0.3, -0.25) is 4.79 Å². The van der Waals surface area contributed by atoms with Gasteiger partial charge in [0.2, 0.25) is 0 Å². The average molecular weight is 212 g/mol. The smallest absolute Gasteiger partial charge is 0.335 e. The van der Waals surface area contributed by atoms with Crippen LogP contribution in [0, 0.1) is 0 Å². The molecule has 0 aromatic rings. The molecule has 0 aromatic carbocycles. The van der Waals surface area contributed by atoms with Crippen molar-refractivity contribution in [2.45, 2.75) is 24.2 Å². The van der Waals surface area contributed by atoms with Gasteiger partial charge < -0.3 is 25.5 Å². The fourth-order valence-corrected chi connectivity index (χ4v) is 0.628. The lowest BCUT2D eigenvalue weighted by atomic mass is 10.0. The summed E-state index contributed by atoms with van der Waals surface area (Å²) >= 11 is 0. The predicted molar refractivity (Wildman–Crippen MR) is 37.8 cm³/mol. The SMILES string of the molecule is O=C[C@@](O)(F)[C@@H](O)[C@H](O)[C@H](O)C(=O)O. The molecule has 0 radical (unpaired) electrons. The largest absolute Gasteiger partial charge is 0.479 e. The molecule has 5 N–H and O–H groups in total. The van der Waals surface area contributed by atoms with Crippen molar-refractivity contribution in [1.29, 1.82) is 0 Å². The number of halogens is 1. The third-order valence-electron chi connectivity index (χ3n) is 1.48. The Morgan fingerprint density at radius 3 is 2.07 bits per heavy atom. The van der Waals surface area contributed by atoms with Gasteiger partial charge in [-0.1, -0.05) is 0 Å². The summed E-state index contributed by atoms with van der Waals surface area (Å²) in [6.07, 6.45) is -8.50. The Morgan fingerprint density at radius 2 is 1.79 bits per heavy atom. The van der Waals surface area contributed by atoms with E-state index in [0.717, 1.165) is 0 Å². The lowest BCUT2D eigenvalue weighted by Crippen LogP contribution is -2.53. The van der Waals surface area contributed by atoms with Crippen LogP contribution in [0.1, 0.15) is 0 Å². The number of hydrogen-bond acceptors (Lipinski definition) is 6. The highest BCUT2D eigenvalue weighted by atomic mass is 19.2. The van der Waals surface area contributed by atoms with Gasteiger partial charge in [-0.2, -0.15) is 0 Å². The molecule has 0 aliphatic carbocycles. The molecule has 0 saturated carbocycles. The molecule has 0 amide bonds.